The quantitative estimate of drug-likeness (QED) is 0.125. The summed E-state index contributed by atoms with van der Waals surface area (Å²) < 4.78 is 10.7. The number of carbonyl (C=O) groups is 1. The second-order valence-electron chi connectivity index (χ2n) is 11.0. The first-order valence-corrected chi connectivity index (χ1v) is 14.8. The number of methoxy groups -OCH3 is 2. The van der Waals surface area contributed by atoms with Crippen molar-refractivity contribution in [2.24, 2.45) is 0 Å². The zero-order valence-electron chi connectivity index (χ0n) is 25.1. The molecule has 1 amide bonds. The van der Waals surface area contributed by atoms with Gasteiger partial charge >= 0.3 is 0 Å². The lowest BCUT2D eigenvalue weighted by molar-refractivity contribution is -0.115. The van der Waals surface area contributed by atoms with E-state index < -0.39 is 0 Å². The summed E-state index contributed by atoms with van der Waals surface area (Å²) in [6.45, 7) is 2.09. The van der Waals surface area contributed by atoms with Crippen molar-refractivity contribution >= 4 is 33.4 Å². The van der Waals surface area contributed by atoms with Gasteiger partial charge in [0.25, 0.3) is 0 Å². The molecule has 0 spiro atoms. The third kappa shape index (κ3) is 7.43. The molecule has 0 bridgehead atoms. The van der Waals surface area contributed by atoms with Gasteiger partial charge in [-0.15, -0.1) is 0 Å². The molecule has 0 aliphatic carbocycles. The summed E-state index contributed by atoms with van der Waals surface area (Å²) >= 11 is 0. The molecule has 2 N–H and O–H groups in total. The lowest BCUT2D eigenvalue weighted by Crippen LogP contribution is -2.22. The number of pyridine rings is 1. The van der Waals surface area contributed by atoms with Crippen LogP contribution < -0.4 is 20.2 Å². The van der Waals surface area contributed by atoms with Crippen LogP contribution in [0.5, 0.6) is 11.5 Å². The number of benzene rings is 4. The van der Waals surface area contributed by atoms with Gasteiger partial charge in [0.05, 0.1) is 31.7 Å². The summed E-state index contributed by atoms with van der Waals surface area (Å²) in [5.41, 5.74) is 5.29. The molecule has 0 unspecified atom stereocenters. The highest BCUT2D eigenvalue weighted by Gasteiger charge is 2.14. The number of ether oxygens (including phenoxy) is 2. The molecule has 7 heteroatoms. The van der Waals surface area contributed by atoms with Gasteiger partial charge < -0.3 is 24.7 Å². The van der Waals surface area contributed by atoms with Crippen LogP contribution in [0.2, 0.25) is 0 Å². The van der Waals surface area contributed by atoms with Crippen LogP contribution >= 0.6 is 0 Å². The molecule has 1 heterocycles. The zero-order chi connectivity index (χ0) is 30.2. The molecule has 0 atom stereocenters. The topological polar surface area (TPSA) is 83.7 Å². The van der Waals surface area contributed by atoms with Gasteiger partial charge in [-0.05, 0) is 98.4 Å². The molecule has 5 aromatic rings. The van der Waals surface area contributed by atoms with Gasteiger partial charge in [-0.3, -0.25) is 9.59 Å². The molecule has 7 nitrogen and oxygen atoms in total. The Morgan fingerprint density at radius 3 is 2.16 bits per heavy atom. The Morgan fingerprint density at radius 1 is 0.767 bits per heavy atom. The van der Waals surface area contributed by atoms with Crippen LogP contribution in [0.3, 0.4) is 0 Å². The number of amides is 1. The average molecular weight is 578 g/mol. The molecule has 0 fully saturated rings. The molecule has 0 aliphatic rings. The molecular weight excluding hydrogens is 538 g/mol. The number of aromatic amines is 1. The molecule has 4 aromatic carbocycles. The van der Waals surface area contributed by atoms with E-state index in [-0.39, 0.29) is 17.8 Å². The molecular formula is C36H39N3O4. The van der Waals surface area contributed by atoms with Crippen LogP contribution in [0, 0.1) is 0 Å². The number of carbonyl (C=O) groups excluding carboxylic acids is 1. The van der Waals surface area contributed by atoms with E-state index in [4.69, 9.17) is 9.47 Å². The minimum absolute atomic E-state index is 0.0827. The molecule has 0 aliphatic heterocycles. The van der Waals surface area contributed by atoms with Crippen molar-refractivity contribution in [1.82, 2.24) is 9.88 Å². The minimum Gasteiger partial charge on any atom is -0.497 e. The zero-order valence-corrected chi connectivity index (χ0v) is 25.1. The molecule has 0 saturated heterocycles. The number of hydrogen-bond donors (Lipinski definition) is 2. The van der Waals surface area contributed by atoms with Crippen LogP contribution in [0.4, 0.5) is 5.69 Å². The number of likely N-dealkylation sites (N-methyl/N-ethyl adjacent to an activating group) is 1. The number of rotatable bonds is 13. The van der Waals surface area contributed by atoms with Gasteiger partial charge in [0.1, 0.15) is 11.5 Å². The van der Waals surface area contributed by atoms with E-state index in [0.717, 1.165) is 55.8 Å². The Bertz CT molecular complexity index is 1740. The maximum absolute atomic E-state index is 13.2. The van der Waals surface area contributed by atoms with Crippen molar-refractivity contribution in [2.45, 2.75) is 32.1 Å². The predicted octanol–water partition coefficient (Wildman–Crippen LogP) is 6.38. The first-order chi connectivity index (χ1) is 20.9. The fourth-order valence-corrected chi connectivity index (χ4v) is 5.44. The Labute approximate surface area is 252 Å². The van der Waals surface area contributed by atoms with Gasteiger partial charge in [-0.2, -0.15) is 0 Å². The summed E-state index contributed by atoms with van der Waals surface area (Å²) in [6.07, 6.45) is 4.41. The van der Waals surface area contributed by atoms with Crippen molar-refractivity contribution in [3.05, 3.63) is 112 Å². The lowest BCUT2D eigenvalue weighted by atomic mass is 10.0. The normalized spacial score (nSPS) is 11.3. The SMILES string of the molecule is COc1ccc(CCN(C)CCCCc2ccc(NC(=O)Cc3cccc4c(=O)c5cccc(OC)c5[nH]c34)cc2)cc1. The summed E-state index contributed by atoms with van der Waals surface area (Å²) in [5.74, 6) is 1.34. The maximum atomic E-state index is 13.2. The van der Waals surface area contributed by atoms with E-state index in [1.54, 1.807) is 32.4 Å². The Hall–Kier alpha value is -4.62. The van der Waals surface area contributed by atoms with Crippen LogP contribution in [0.1, 0.15) is 29.5 Å². The molecule has 0 radical (unpaired) electrons. The fraction of sp³-hybridized carbons (Fsp3) is 0.278. The lowest BCUT2D eigenvalue weighted by Gasteiger charge is -2.16. The standard InChI is InChI=1S/C36H39N3O4/c1-39(23-21-26-15-19-29(42-2)20-16-26)22-5-4-8-25-13-17-28(18-14-25)37-33(40)24-27-9-6-10-30-34(27)38-35-31(36(30)41)11-7-12-32(35)43-3/h6-7,9-20H,4-5,8,21-24H2,1-3H3,(H,37,40)(H,38,41). The fourth-order valence-electron chi connectivity index (χ4n) is 5.44. The van der Waals surface area contributed by atoms with Crippen molar-refractivity contribution in [3.8, 4) is 11.5 Å². The highest BCUT2D eigenvalue weighted by atomic mass is 16.5. The Kier molecular flexibility index (Phi) is 9.74. The van der Waals surface area contributed by atoms with Crippen LogP contribution in [-0.4, -0.2) is 50.1 Å². The van der Waals surface area contributed by atoms with Gasteiger partial charge in [-0.25, -0.2) is 0 Å². The molecule has 5 rings (SSSR count). The Balaban J connectivity index is 1.11. The largest absolute Gasteiger partial charge is 0.497 e. The van der Waals surface area contributed by atoms with Crippen molar-refractivity contribution in [3.63, 3.8) is 0 Å². The second kappa shape index (κ2) is 14.0. The number of para-hydroxylation sites is 2. The molecule has 1 aromatic heterocycles. The van der Waals surface area contributed by atoms with Crippen LogP contribution in [0.15, 0.2) is 89.7 Å². The van der Waals surface area contributed by atoms with E-state index >= 15 is 0 Å². The smallest absolute Gasteiger partial charge is 0.228 e. The summed E-state index contributed by atoms with van der Waals surface area (Å²) in [6, 6.07) is 27.2. The third-order valence-electron chi connectivity index (χ3n) is 7.92. The monoisotopic (exact) mass is 577 g/mol. The maximum Gasteiger partial charge on any atom is 0.228 e. The third-order valence-corrected chi connectivity index (χ3v) is 7.92. The number of aromatic nitrogens is 1. The van der Waals surface area contributed by atoms with E-state index in [0.29, 0.717) is 27.6 Å². The average Bonchev–Trinajstić information content (AvgIpc) is 3.03. The summed E-state index contributed by atoms with van der Waals surface area (Å²) in [7, 11) is 5.44. The van der Waals surface area contributed by atoms with Crippen LogP contribution in [0.25, 0.3) is 21.8 Å². The van der Waals surface area contributed by atoms with E-state index in [2.05, 4.69) is 46.5 Å². The van der Waals surface area contributed by atoms with Gasteiger partial charge in [0, 0.05) is 23.0 Å². The second-order valence-corrected chi connectivity index (χ2v) is 11.0. The molecule has 0 saturated carbocycles. The van der Waals surface area contributed by atoms with Gasteiger partial charge in [0.2, 0.25) is 5.91 Å². The van der Waals surface area contributed by atoms with Crippen molar-refractivity contribution < 1.29 is 14.3 Å². The van der Waals surface area contributed by atoms with Gasteiger partial charge in [0.15, 0.2) is 5.43 Å². The number of nitrogens with one attached hydrogen (secondary N) is 2. The number of fused-ring (bicyclic) bond motifs is 2. The van der Waals surface area contributed by atoms with Crippen molar-refractivity contribution in [1.29, 1.82) is 0 Å². The predicted molar refractivity (Wildman–Crippen MR) is 175 cm³/mol. The van der Waals surface area contributed by atoms with E-state index in [1.165, 1.54) is 11.1 Å². The molecule has 222 valence electrons. The highest BCUT2D eigenvalue weighted by molar-refractivity contribution is 5.99. The summed E-state index contributed by atoms with van der Waals surface area (Å²) in [4.78, 5) is 31.9. The number of aryl methyl sites for hydroxylation is 1. The van der Waals surface area contributed by atoms with Gasteiger partial charge in [-0.1, -0.05) is 42.5 Å². The highest BCUT2D eigenvalue weighted by Crippen LogP contribution is 2.25. The van der Waals surface area contributed by atoms with E-state index in [9.17, 15) is 9.59 Å². The molecule has 43 heavy (non-hydrogen) atoms. The Morgan fingerprint density at radius 2 is 1.44 bits per heavy atom. The van der Waals surface area contributed by atoms with E-state index in [1.807, 2.05) is 42.5 Å². The van der Waals surface area contributed by atoms with Crippen LogP contribution in [-0.2, 0) is 24.1 Å². The number of anilines is 1. The number of nitrogens with zero attached hydrogens (tertiary/aromatic N) is 1. The first-order valence-electron chi connectivity index (χ1n) is 14.8. The summed E-state index contributed by atoms with van der Waals surface area (Å²) in [5, 5.41) is 4.12. The minimum atomic E-state index is -0.140. The number of unbranched alkanes of at least 4 members (excludes halogenated alkanes) is 1. The first kappa shape index (κ1) is 29.9. The number of H-pyrrole nitrogens is 1. The number of hydrogen-bond acceptors (Lipinski definition) is 5. The van der Waals surface area contributed by atoms with Crippen molar-refractivity contribution in [2.75, 3.05) is 39.7 Å².